The first-order chi connectivity index (χ1) is 46.6. The Morgan fingerprint density at radius 2 is 0.904 bits per heavy atom. The molecule has 0 saturated heterocycles. The van der Waals surface area contributed by atoms with Gasteiger partial charge in [0.05, 0.1) is 53.8 Å². The van der Waals surface area contributed by atoms with Gasteiger partial charge in [0.1, 0.15) is 6.61 Å². The van der Waals surface area contributed by atoms with E-state index in [1.54, 1.807) is 26.7 Å². The molecule has 0 fully saturated rings. The Kier molecular flexibility index (Phi) is 127. The molecule has 0 aliphatic rings. The number of oxime groups is 1. The number of nitrogens with one attached hydrogen (secondary N) is 5. The zero-order chi connectivity index (χ0) is 80.7. The van der Waals surface area contributed by atoms with E-state index in [1.165, 1.54) is 11.9 Å². The van der Waals surface area contributed by atoms with Crippen LogP contribution in [0.2, 0.25) is 0 Å². The lowest BCUT2D eigenvalue weighted by Gasteiger charge is -2.10. The first kappa shape index (κ1) is 112. The van der Waals surface area contributed by atoms with Gasteiger partial charge in [-0.25, -0.2) is 4.68 Å². The van der Waals surface area contributed by atoms with Gasteiger partial charge in [-0.05, 0) is 126 Å². The Labute approximate surface area is 631 Å². The molecule has 0 radical (unpaired) electrons. The number of carbonyl (C=O) groups is 5. The number of hydrogen-bond donors (Lipinski definition) is 5. The maximum Gasteiger partial charge on any atom is 0.231 e. The summed E-state index contributed by atoms with van der Waals surface area (Å²) in [6.45, 7) is 46.9. The fraction of sp³-hybridized carbons (Fsp3) is 0.831. The maximum absolute atomic E-state index is 11.7. The minimum atomic E-state index is 0.0274. The molecule has 2 rings (SSSR count). The van der Waals surface area contributed by atoms with E-state index < -0.39 is 0 Å². The molecule has 5 amide bonds. The van der Waals surface area contributed by atoms with Gasteiger partial charge in [0, 0.05) is 51.5 Å². The third-order valence-electron chi connectivity index (χ3n) is 9.68. The van der Waals surface area contributed by atoms with Gasteiger partial charge in [-0.3, -0.25) is 24.0 Å². The van der Waals surface area contributed by atoms with Gasteiger partial charge in [-0.2, -0.15) is 4.09 Å². The highest BCUT2D eigenvalue weighted by Gasteiger charge is 2.12. The summed E-state index contributed by atoms with van der Waals surface area (Å²) >= 11 is 3.04. The van der Waals surface area contributed by atoms with Crippen molar-refractivity contribution in [1.29, 1.82) is 0 Å². The van der Waals surface area contributed by atoms with Crippen LogP contribution in [0.1, 0.15) is 214 Å². The largest absolute Gasteiger partial charge is 0.395 e. The second kappa shape index (κ2) is 106. The predicted molar refractivity (Wildman–Crippen MR) is 486 cm³/mol. The Balaban J connectivity index is -0.0000000786. The number of carbonyl (C=O) groups excluding carboxylic acids is 5. The average Bonchev–Trinajstić information content (AvgIpc) is 1.76. The van der Waals surface area contributed by atoms with Crippen LogP contribution in [0.15, 0.2) is 17.5 Å². The zero-order valence-corrected chi connectivity index (χ0v) is 81.0. The fourth-order valence-electron chi connectivity index (χ4n) is 5.33. The molecule has 15 unspecified atom stereocenters. The molecule has 0 aliphatic heterocycles. The Hall–Kier alpha value is 2.25. The second-order valence-electron chi connectivity index (χ2n) is 21.7. The summed E-state index contributed by atoms with van der Waals surface area (Å²) in [5.74, 6) is 4.90. The number of hydrogen-bond acceptors (Lipinski definition) is 13. The van der Waals surface area contributed by atoms with E-state index in [0.717, 1.165) is 75.4 Å². The third kappa shape index (κ3) is 118. The summed E-state index contributed by atoms with van der Waals surface area (Å²) in [7, 11) is 34.6. The molecule has 0 aromatic carbocycles. The van der Waals surface area contributed by atoms with Crippen molar-refractivity contribution in [2.45, 2.75) is 213 Å². The molecule has 0 saturated carbocycles. The van der Waals surface area contributed by atoms with Gasteiger partial charge in [-0.15, -0.1) is 157 Å². The summed E-state index contributed by atoms with van der Waals surface area (Å²) in [6.07, 6.45) is 9.99. The van der Waals surface area contributed by atoms with Gasteiger partial charge >= 0.3 is 0 Å². The maximum atomic E-state index is 11.7. The molecule has 35 heteroatoms. The van der Waals surface area contributed by atoms with Crippen molar-refractivity contribution in [2.24, 2.45) is 34.7 Å². The molecule has 570 valence electrons. The van der Waals surface area contributed by atoms with Crippen molar-refractivity contribution in [3.05, 3.63) is 23.8 Å². The van der Waals surface area contributed by atoms with Gasteiger partial charge in [0.2, 0.25) is 29.5 Å². The molecule has 15 atom stereocenters. The zero-order valence-electron chi connectivity index (χ0n) is 67.0. The van der Waals surface area contributed by atoms with Gasteiger partial charge < -0.3 is 31.4 Å². The molecule has 2 aromatic heterocycles. The normalized spacial score (nSPS) is 9.85. The van der Waals surface area contributed by atoms with E-state index in [4.69, 9.17) is 11.7 Å². The highest BCUT2D eigenvalue weighted by Crippen LogP contribution is 2.13. The highest BCUT2D eigenvalue weighted by molar-refractivity contribution is 8.00. The van der Waals surface area contributed by atoms with Crippen LogP contribution in [0.5, 0.6) is 0 Å². The fourth-order valence-corrected chi connectivity index (χ4v) is 6.54. The lowest BCUT2D eigenvalue weighted by molar-refractivity contribution is -0.122. The smallest absolute Gasteiger partial charge is 0.231 e. The number of amides is 5. The molecule has 2 heterocycles. The van der Waals surface area contributed by atoms with Crippen LogP contribution in [-0.2, 0) is 35.2 Å². The number of rotatable bonds is 30. The topological polar surface area (TPSA) is 229 Å². The Morgan fingerprint density at radius 1 is 0.532 bits per heavy atom. The number of nitrogens with zero attached hydrogens (tertiary/aromatic N) is 7. The minimum Gasteiger partial charge on any atom is -0.395 e. The van der Waals surface area contributed by atoms with Crippen LogP contribution < -0.4 is 26.6 Å². The highest BCUT2D eigenvalue weighted by atomic mass is 32.2. The van der Waals surface area contributed by atoms with E-state index >= 15 is 0 Å². The number of aromatic nitrogens is 6. The van der Waals surface area contributed by atoms with Crippen molar-refractivity contribution in [3.8, 4) is 0 Å². The summed E-state index contributed by atoms with van der Waals surface area (Å²) < 4.78 is 34.3. The molecule has 94 heavy (non-hydrogen) atoms. The van der Waals surface area contributed by atoms with E-state index in [-0.39, 0.29) is 41.6 Å². The molecule has 5 N–H and O–H groups in total. The SMILES string of the molecule is CC(C)=NOCCC(=O)NCCC(C)C.CC(C)CCC(=O)NC(C)C.CC(C)CCNC(=O)CSC(C)C.CC(C)CCNC(=O)CSn1cc(C(C)C)nn1.CC(C)CCNC(=O)Cc1cnnn1C(C)C.PP.PP.PP.PP.PP.[2H]CP.[2H]CP.[2H]CP.[2H]CP.[2H]CP. The molecule has 0 aliphatic carbocycles. The second-order valence-corrected chi connectivity index (χ2v) is 24.2. The van der Waals surface area contributed by atoms with E-state index in [0.29, 0.717) is 111 Å². The van der Waals surface area contributed by atoms with Gasteiger partial charge in [-0.1, -0.05) is 146 Å². The minimum absolute atomic E-state index is 0.0274. The third-order valence-corrected chi connectivity index (χ3v) is 11.6. The van der Waals surface area contributed by atoms with Crippen molar-refractivity contribution in [2.75, 3.05) is 77.5 Å². The van der Waals surface area contributed by atoms with Crippen molar-refractivity contribution in [1.82, 2.24) is 56.0 Å². The molecule has 0 bridgehead atoms. The predicted octanol–water partition coefficient (Wildman–Crippen LogP) is 15.5. The first-order valence-corrected chi connectivity index (χ1v) is 50.2. The van der Waals surface area contributed by atoms with Gasteiger partial charge in [0.15, 0.2) is 0 Å². The standard InChI is InChI=1S/C12H22N4OS.C12H22N4O.C11H22N2O2.C10H21NOS.C9H19NO.5CH5P.5H4P2/c1-9(2)5-6-13-12(17)8-18-16-7-11(10(3)4)14-15-16;1-9(2)5-6-13-12(17)7-11-8-14-15-16(11)10(3)4;1-9(2)5-7-12-11(14)6-8-15-13-10(3)4;1-8(2)5-6-11-10(12)7-13-9(3)4;1-7(2)5-6-9(11)10-8(3)4;10*1-2/h7,9-10H,5-6,8H2,1-4H3,(H,13,17);8-10H,5-7H2,1-4H3,(H,13,17);9H,5-8H2,1-4H3,(H,12,14);8-9H,5-7H2,1-4H3,(H,11,12);7-8H,5-6H2,1-4H3,(H,10,11);5*2H2,1H3;5*1-2H2/i;;;;;5*1D;;;;;. The quantitative estimate of drug-likeness (QED) is 0.0213. The van der Waals surface area contributed by atoms with Crippen LogP contribution in [-0.4, -0.2) is 153 Å². The molecular weight excluding hydrogens is 1500 g/mol. The first-order valence-electron chi connectivity index (χ1n) is 34.4. The number of thioether (sulfide) groups is 1. The molecular formula is C59H151N12O6P15S2. The van der Waals surface area contributed by atoms with Crippen LogP contribution >= 0.6 is 159 Å². The lowest BCUT2D eigenvalue weighted by Crippen LogP contribution is -2.29. The monoisotopic (exact) mass is 1660 g/mol. The van der Waals surface area contributed by atoms with Crippen molar-refractivity contribution in [3.63, 3.8) is 0 Å². The summed E-state index contributed by atoms with van der Waals surface area (Å²) in [4.78, 5) is 61.6. The van der Waals surface area contributed by atoms with Crippen LogP contribution in [0.3, 0.4) is 0 Å². The Bertz CT molecular complexity index is 1940. The van der Waals surface area contributed by atoms with E-state index in [9.17, 15) is 24.0 Å². The van der Waals surface area contributed by atoms with E-state index in [1.807, 2.05) is 47.7 Å². The summed E-state index contributed by atoms with van der Waals surface area (Å²) in [5.41, 5.74) is 2.67. The molecule has 0 spiro atoms. The van der Waals surface area contributed by atoms with Crippen LogP contribution in [0.25, 0.3) is 0 Å². The summed E-state index contributed by atoms with van der Waals surface area (Å²) in [6, 6.07) is 0.505. The van der Waals surface area contributed by atoms with E-state index in [2.05, 4.69) is 285 Å². The lowest BCUT2D eigenvalue weighted by atomic mass is 10.1. The average molecular weight is 1660 g/mol. The van der Waals surface area contributed by atoms with Crippen LogP contribution in [0, 0.1) is 29.6 Å². The van der Waals surface area contributed by atoms with Crippen LogP contribution in [0.4, 0.5) is 0 Å². The van der Waals surface area contributed by atoms with Gasteiger partial charge in [0.25, 0.3) is 0 Å². The molecule has 18 nitrogen and oxygen atoms in total. The Morgan fingerprint density at radius 3 is 1.23 bits per heavy atom. The van der Waals surface area contributed by atoms with Crippen molar-refractivity contribution < 1.29 is 35.7 Å². The molecule has 2 aromatic rings. The summed E-state index contributed by atoms with van der Waals surface area (Å²) in [5, 5.41) is 34.5. The van der Waals surface area contributed by atoms with Crippen molar-refractivity contribution >= 4 is 194 Å².